The number of fused-ring (bicyclic) bond motifs is 1. The minimum atomic E-state index is -0.942. The molecular weight excluding hydrogens is 294 g/mol. The number of aromatic carboxylic acids is 1. The molecule has 0 spiro atoms. The number of phenols is 1. The van der Waals surface area contributed by atoms with Gasteiger partial charge in [-0.15, -0.1) is 0 Å². The molecule has 2 N–H and O–H groups in total. The zero-order chi connectivity index (χ0) is 16.4. The van der Waals surface area contributed by atoms with Gasteiger partial charge in [-0.1, -0.05) is 18.2 Å². The molecule has 0 aliphatic carbocycles. The van der Waals surface area contributed by atoms with Crippen LogP contribution < -0.4 is 4.74 Å². The number of carboxylic acids is 1. The molecule has 118 valence electrons. The van der Waals surface area contributed by atoms with Crippen molar-refractivity contribution in [1.29, 1.82) is 0 Å². The van der Waals surface area contributed by atoms with Crippen LogP contribution in [0.15, 0.2) is 48.7 Å². The molecule has 3 aromatic rings. The highest BCUT2D eigenvalue weighted by Gasteiger charge is 2.12. The molecule has 0 atom stereocenters. The van der Waals surface area contributed by atoms with Gasteiger partial charge in [0.15, 0.2) is 11.5 Å². The smallest absolute Gasteiger partial charge is 0.335 e. The lowest BCUT2D eigenvalue weighted by Gasteiger charge is -2.07. The number of benzene rings is 2. The van der Waals surface area contributed by atoms with Gasteiger partial charge in [-0.2, -0.15) is 0 Å². The van der Waals surface area contributed by atoms with E-state index in [0.717, 1.165) is 23.0 Å². The Morgan fingerprint density at radius 2 is 2.00 bits per heavy atom. The van der Waals surface area contributed by atoms with Crippen LogP contribution in [0.3, 0.4) is 0 Å². The number of nitrogens with zero attached hydrogens (tertiary/aromatic N) is 1. The van der Waals surface area contributed by atoms with Gasteiger partial charge in [-0.3, -0.25) is 0 Å². The first kappa shape index (κ1) is 15.0. The summed E-state index contributed by atoms with van der Waals surface area (Å²) in [6, 6.07) is 11.9. The Morgan fingerprint density at radius 1 is 1.22 bits per heavy atom. The van der Waals surface area contributed by atoms with Gasteiger partial charge in [0.05, 0.1) is 5.56 Å². The third kappa shape index (κ3) is 2.85. The van der Waals surface area contributed by atoms with Crippen molar-refractivity contribution in [2.75, 3.05) is 0 Å². The summed E-state index contributed by atoms with van der Waals surface area (Å²) in [6.45, 7) is 3.03. The molecule has 1 aromatic heterocycles. The molecule has 1 heterocycles. The van der Waals surface area contributed by atoms with Gasteiger partial charge in [-0.05, 0) is 31.2 Å². The van der Waals surface area contributed by atoms with Crippen LogP contribution in [0.2, 0.25) is 0 Å². The zero-order valence-corrected chi connectivity index (χ0v) is 12.7. The molecule has 3 rings (SSSR count). The summed E-state index contributed by atoms with van der Waals surface area (Å²) >= 11 is 0. The van der Waals surface area contributed by atoms with Crippen LogP contribution in [0.4, 0.5) is 0 Å². The monoisotopic (exact) mass is 311 g/mol. The number of aryl methyl sites for hydroxylation is 1. The Kier molecular flexibility index (Phi) is 3.93. The Bertz CT molecular complexity index is 867. The summed E-state index contributed by atoms with van der Waals surface area (Å²) in [5.41, 5.74) is 2.07. The first-order chi connectivity index (χ1) is 11.1. The van der Waals surface area contributed by atoms with E-state index in [1.54, 1.807) is 42.5 Å². The van der Waals surface area contributed by atoms with E-state index in [-0.39, 0.29) is 11.3 Å². The van der Waals surface area contributed by atoms with Crippen molar-refractivity contribution in [3.8, 4) is 11.5 Å². The fourth-order valence-electron chi connectivity index (χ4n) is 2.61. The van der Waals surface area contributed by atoms with E-state index >= 15 is 0 Å². The van der Waals surface area contributed by atoms with Crippen molar-refractivity contribution in [1.82, 2.24) is 4.57 Å². The van der Waals surface area contributed by atoms with Gasteiger partial charge in [0.2, 0.25) is 0 Å². The van der Waals surface area contributed by atoms with Gasteiger partial charge in [-0.25, -0.2) is 4.79 Å². The molecule has 5 heteroatoms. The number of hydrogen-bond donors (Lipinski definition) is 2. The van der Waals surface area contributed by atoms with Crippen LogP contribution in [0.5, 0.6) is 11.5 Å². The van der Waals surface area contributed by atoms with Crippen LogP contribution in [0, 0.1) is 0 Å². The number of para-hydroxylation sites is 2. The summed E-state index contributed by atoms with van der Waals surface area (Å²) in [5, 5.41) is 19.8. The minimum absolute atomic E-state index is 0.0971. The number of ether oxygens (including phenoxy) is 1. The molecular formula is C18H17NO4. The molecule has 0 bridgehead atoms. The van der Waals surface area contributed by atoms with Crippen molar-refractivity contribution in [3.05, 3.63) is 59.8 Å². The Balaban J connectivity index is 1.95. The Hall–Kier alpha value is -2.95. The number of rotatable bonds is 5. The van der Waals surface area contributed by atoms with Crippen LogP contribution in [0.1, 0.15) is 22.8 Å². The maximum atomic E-state index is 11.1. The van der Waals surface area contributed by atoms with Crippen molar-refractivity contribution < 1.29 is 19.7 Å². The normalized spacial score (nSPS) is 10.8. The second-order valence-electron chi connectivity index (χ2n) is 5.23. The number of carboxylic acid groups (broad SMARTS) is 1. The first-order valence-corrected chi connectivity index (χ1v) is 7.36. The number of carbonyl (C=O) groups is 1. The average molecular weight is 311 g/mol. The van der Waals surface area contributed by atoms with Crippen molar-refractivity contribution in [2.24, 2.45) is 0 Å². The largest absolute Gasteiger partial charge is 0.504 e. The molecule has 23 heavy (non-hydrogen) atoms. The van der Waals surface area contributed by atoms with E-state index in [1.807, 2.05) is 17.7 Å². The number of phenolic OH excluding ortho intramolecular Hbond substituents is 1. The first-order valence-electron chi connectivity index (χ1n) is 7.36. The third-order valence-corrected chi connectivity index (χ3v) is 3.80. The molecule has 0 unspecified atom stereocenters. The molecule has 0 aliphatic rings. The molecule has 0 radical (unpaired) electrons. The fraction of sp³-hybridized carbons (Fsp3) is 0.167. The third-order valence-electron chi connectivity index (χ3n) is 3.80. The van der Waals surface area contributed by atoms with Crippen LogP contribution in [-0.2, 0) is 13.2 Å². The molecule has 0 aliphatic heterocycles. The highest BCUT2D eigenvalue weighted by Crippen LogP contribution is 2.28. The predicted molar refractivity (Wildman–Crippen MR) is 87.0 cm³/mol. The van der Waals surface area contributed by atoms with Gasteiger partial charge >= 0.3 is 5.97 Å². The Labute approximate surface area is 133 Å². The second-order valence-corrected chi connectivity index (χ2v) is 5.23. The summed E-state index contributed by atoms with van der Waals surface area (Å²) in [7, 11) is 0. The van der Waals surface area contributed by atoms with Crippen molar-refractivity contribution in [3.63, 3.8) is 0 Å². The van der Waals surface area contributed by atoms with Crippen molar-refractivity contribution >= 4 is 16.9 Å². The average Bonchev–Trinajstić information content (AvgIpc) is 2.91. The summed E-state index contributed by atoms with van der Waals surface area (Å²) in [6.07, 6.45) is 1.95. The lowest BCUT2D eigenvalue weighted by Crippen LogP contribution is -1.97. The highest BCUT2D eigenvalue weighted by atomic mass is 16.5. The summed E-state index contributed by atoms with van der Waals surface area (Å²) in [4.78, 5) is 11.1. The van der Waals surface area contributed by atoms with E-state index in [0.29, 0.717) is 12.4 Å². The van der Waals surface area contributed by atoms with Gasteiger partial charge < -0.3 is 19.5 Å². The van der Waals surface area contributed by atoms with Crippen LogP contribution in [0.25, 0.3) is 10.9 Å². The topological polar surface area (TPSA) is 71.7 Å². The number of aromatic nitrogens is 1. The molecule has 0 fully saturated rings. The predicted octanol–water partition coefficient (Wildman–Crippen LogP) is 3.64. The molecule has 0 saturated carbocycles. The Morgan fingerprint density at radius 3 is 2.70 bits per heavy atom. The van der Waals surface area contributed by atoms with Crippen molar-refractivity contribution in [2.45, 2.75) is 20.1 Å². The second kappa shape index (κ2) is 6.04. The lowest BCUT2D eigenvalue weighted by molar-refractivity contribution is 0.0697. The SMILES string of the molecule is CCn1cc(COc2ccccc2O)c2ccc(C(=O)O)cc21. The molecule has 0 saturated heterocycles. The highest BCUT2D eigenvalue weighted by molar-refractivity contribution is 5.94. The van der Waals surface area contributed by atoms with E-state index in [2.05, 4.69) is 0 Å². The number of hydrogen-bond acceptors (Lipinski definition) is 3. The molecule has 0 amide bonds. The standard InChI is InChI=1S/C18H17NO4/c1-2-19-10-13(11-23-17-6-4-3-5-16(17)20)14-8-7-12(18(21)22)9-15(14)19/h3-10,20H,2,11H2,1H3,(H,21,22). The maximum absolute atomic E-state index is 11.1. The number of aromatic hydroxyl groups is 1. The maximum Gasteiger partial charge on any atom is 0.335 e. The van der Waals surface area contributed by atoms with E-state index in [4.69, 9.17) is 9.84 Å². The minimum Gasteiger partial charge on any atom is -0.504 e. The lowest BCUT2D eigenvalue weighted by atomic mass is 10.1. The quantitative estimate of drug-likeness (QED) is 0.754. The van der Waals surface area contributed by atoms with E-state index in [1.165, 1.54) is 0 Å². The summed E-state index contributed by atoms with van der Waals surface area (Å²) in [5.74, 6) is -0.422. The van der Waals surface area contributed by atoms with Crippen LogP contribution in [-0.4, -0.2) is 20.7 Å². The van der Waals surface area contributed by atoms with E-state index < -0.39 is 5.97 Å². The zero-order valence-electron chi connectivity index (χ0n) is 12.7. The van der Waals surface area contributed by atoms with Crippen LogP contribution >= 0.6 is 0 Å². The summed E-state index contributed by atoms with van der Waals surface area (Å²) < 4.78 is 7.68. The molecule has 2 aromatic carbocycles. The van der Waals surface area contributed by atoms with E-state index in [9.17, 15) is 9.90 Å². The fourth-order valence-corrected chi connectivity index (χ4v) is 2.61. The van der Waals surface area contributed by atoms with Gasteiger partial charge in [0.1, 0.15) is 6.61 Å². The van der Waals surface area contributed by atoms with Gasteiger partial charge in [0.25, 0.3) is 0 Å². The van der Waals surface area contributed by atoms with Gasteiger partial charge in [0, 0.05) is 29.2 Å². The molecule has 5 nitrogen and oxygen atoms in total.